The fraction of sp³-hybridized carbons (Fsp3) is 0.562. The molecule has 1 saturated heterocycles. The van der Waals surface area contributed by atoms with Crippen molar-refractivity contribution in [3.05, 3.63) is 30.1 Å². The molecular formula is C16H23FN2O. The summed E-state index contributed by atoms with van der Waals surface area (Å²) in [6.07, 6.45) is 3.87. The predicted molar refractivity (Wildman–Crippen MR) is 79.3 cm³/mol. The Balaban J connectivity index is 1.83. The van der Waals surface area contributed by atoms with Gasteiger partial charge in [-0.05, 0) is 18.6 Å². The van der Waals surface area contributed by atoms with Crippen molar-refractivity contribution in [3.8, 4) is 0 Å². The molecule has 3 nitrogen and oxygen atoms in total. The first-order chi connectivity index (χ1) is 9.72. The molecule has 2 rings (SSSR count). The van der Waals surface area contributed by atoms with Gasteiger partial charge in [0.25, 0.3) is 0 Å². The highest BCUT2D eigenvalue weighted by atomic mass is 19.1. The SMILES string of the molecule is CCCCCC(=O)N1CCN(c2ccccc2F)CC1. The molecule has 1 aliphatic heterocycles. The van der Waals surface area contributed by atoms with Crippen molar-refractivity contribution < 1.29 is 9.18 Å². The van der Waals surface area contributed by atoms with Crippen molar-refractivity contribution in [3.63, 3.8) is 0 Å². The van der Waals surface area contributed by atoms with E-state index in [4.69, 9.17) is 0 Å². The Morgan fingerprint density at radius 3 is 2.50 bits per heavy atom. The maximum absolute atomic E-state index is 13.7. The van der Waals surface area contributed by atoms with Crippen molar-refractivity contribution >= 4 is 11.6 Å². The van der Waals surface area contributed by atoms with E-state index in [-0.39, 0.29) is 11.7 Å². The van der Waals surface area contributed by atoms with Crippen LogP contribution in [0, 0.1) is 5.82 Å². The van der Waals surface area contributed by atoms with Gasteiger partial charge in [0.1, 0.15) is 5.82 Å². The van der Waals surface area contributed by atoms with Gasteiger partial charge >= 0.3 is 0 Å². The van der Waals surface area contributed by atoms with Crippen LogP contribution in [-0.2, 0) is 4.79 Å². The number of hydrogen-bond acceptors (Lipinski definition) is 2. The molecule has 0 spiro atoms. The van der Waals surface area contributed by atoms with Crippen LogP contribution in [0.3, 0.4) is 0 Å². The summed E-state index contributed by atoms with van der Waals surface area (Å²) >= 11 is 0. The number of hydrogen-bond donors (Lipinski definition) is 0. The summed E-state index contributed by atoms with van der Waals surface area (Å²) in [5.74, 6) is 0.0573. The van der Waals surface area contributed by atoms with Gasteiger partial charge in [-0.25, -0.2) is 4.39 Å². The lowest BCUT2D eigenvalue weighted by Gasteiger charge is -2.36. The summed E-state index contributed by atoms with van der Waals surface area (Å²) in [4.78, 5) is 15.9. The minimum absolute atomic E-state index is 0.185. The Morgan fingerprint density at radius 2 is 1.85 bits per heavy atom. The van der Waals surface area contributed by atoms with E-state index in [1.807, 2.05) is 15.9 Å². The van der Waals surface area contributed by atoms with E-state index in [0.29, 0.717) is 38.3 Å². The minimum atomic E-state index is -0.185. The van der Waals surface area contributed by atoms with Crippen LogP contribution in [0.25, 0.3) is 0 Å². The molecule has 0 bridgehead atoms. The molecule has 0 aromatic heterocycles. The van der Waals surface area contributed by atoms with Crippen molar-refractivity contribution in [2.24, 2.45) is 0 Å². The Morgan fingerprint density at radius 1 is 1.15 bits per heavy atom. The van der Waals surface area contributed by atoms with Crippen LogP contribution in [0.2, 0.25) is 0 Å². The largest absolute Gasteiger partial charge is 0.366 e. The van der Waals surface area contributed by atoms with Crippen LogP contribution in [0.5, 0.6) is 0 Å². The fourth-order valence-electron chi connectivity index (χ4n) is 2.59. The molecule has 1 aliphatic rings. The van der Waals surface area contributed by atoms with Crippen LogP contribution in [0.1, 0.15) is 32.6 Å². The maximum atomic E-state index is 13.7. The van der Waals surface area contributed by atoms with Crippen molar-refractivity contribution in [2.45, 2.75) is 32.6 Å². The highest BCUT2D eigenvalue weighted by Crippen LogP contribution is 2.20. The third-order valence-corrected chi connectivity index (χ3v) is 3.82. The van der Waals surface area contributed by atoms with Crippen molar-refractivity contribution in [2.75, 3.05) is 31.1 Å². The third kappa shape index (κ3) is 3.71. The zero-order valence-electron chi connectivity index (χ0n) is 12.1. The Bertz CT molecular complexity index is 442. The second-order valence-electron chi connectivity index (χ2n) is 5.28. The van der Waals surface area contributed by atoms with Crippen LogP contribution in [0.15, 0.2) is 24.3 Å². The van der Waals surface area contributed by atoms with Gasteiger partial charge in [0, 0.05) is 32.6 Å². The van der Waals surface area contributed by atoms with Gasteiger partial charge in [-0.2, -0.15) is 0 Å². The smallest absolute Gasteiger partial charge is 0.222 e. The van der Waals surface area contributed by atoms with E-state index in [1.165, 1.54) is 6.07 Å². The third-order valence-electron chi connectivity index (χ3n) is 3.82. The number of piperazine rings is 1. The molecule has 0 saturated carbocycles. The number of unbranched alkanes of at least 4 members (excludes halogenated alkanes) is 2. The molecule has 0 aliphatic carbocycles. The molecule has 1 heterocycles. The Kier molecular flexibility index (Phi) is 5.39. The summed E-state index contributed by atoms with van der Waals surface area (Å²) in [5, 5.41) is 0. The Labute approximate surface area is 120 Å². The zero-order chi connectivity index (χ0) is 14.4. The van der Waals surface area contributed by atoms with E-state index < -0.39 is 0 Å². The first kappa shape index (κ1) is 14.8. The number of rotatable bonds is 5. The quantitative estimate of drug-likeness (QED) is 0.773. The molecular weight excluding hydrogens is 255 g/mol. The molecule has 0 N–H and O–H groups in total. The summed E-state index contributed by atoms with van der Waals surface area (Å²) in [6.45, 7) is 4.94. The molecule has 1 amide bonds. The van der Waals surface area contributed by atoms with E-state index >= 15 is 0 Å². The number of benzene rings is 1. The number of amides is 1. The van der Waals surface area contributed by atoms with E-state index in [2.05, 4.69) is 6.92 Å². The van der Waals surface area contributed by atoms with Crippen molar-refractivity contribution in [1.29, 1.82) is 0 Å². The van der Waals surface area contributed by atoms with Crippen LogP contribution in [0.4, 0.5) is 10.1 Å². The van der Waals surface area contributed by atoms with E-state index in [1.54, 1.807) is 12.1 Å². The Hall–Kier alpha value is -1.58. The topological polar surface area (TPSA) is 23.6 Å². The number of halogens is 1. The molecule has 0 radical (unpaired) electrons. The normalized spacial score (nSPS) is 15.5. The van der Waals surface area contributed by atoms with Gasteiger partial charge in [0.05, 0.1) is 5.69 Å². The summed E-state index contributed by atoms with van der Waals surface area (Å²) in [5.41, 5.74) is 0.644. The molecule has 4 heteroatoms. The maximum Gasteiger partial charge on any atom is 0.222 e. The van der Waals surface area contributed by atoms with Crippen LogP contribution in [-0.4, -0.2) is 37.0 Å². The number of anilines is 1. The highest BCUT2D eigenvalue weighted by molar-refractivity contribution is 5.76. The molecule has 20 heavy (non-hydrogen) atoms. The van der Waals surface area contributed by atoms with Gasteiger partial charge in [-0.15, -0.1) is 0 Å². The standard InChI is InChI=1S/C16H23FN2O/c1-2-3-4-9-16(20)19-12-10-18(11-13-19)15-8-6-5-7-14(15)17/h5-8H,2-4,9-13H2,1H3. The lowest BCUT2D eigenvalue weighted by molar-refractivity contribution is -0.131. The molecule has 110 valence electrons. The summed E-state index contributed by atoms with van der Waals surface area (Å²) in [7, 11) is 0. The monoisotopic (exact) mass is 278 g/mol. The molecule has 0 atom stereocenters. The number of carbonyl (C=O) groups is 1. The van der Waals surface area contributed by atoms with Crippen LogP contribution < -0.4 is 4.90 Å². The second-order valence-corrected chi connectivity index (χ2v) is 5.28. The minimum Gasteiger partial charge on any atom is -0.366 e. The number of carbonyl (C=O) groups excluding carboxylic acids is 1. The van der Waals surface area contributed by atoms with Gasteiger partial charge < -0.3 is 9.80 Å². The zero-order valence-corrected chi connectivity index (χ0v) is 12.1. The average molecular weight is 278 g/mol. The average Bonchev–Trinajstić information content (AvgIpc) is 2.48. The van der Waals surface area contributed by atoms with Gasteiger partial charge in [-0.3, -0.25) is 4.79 Å². The number of nitrogens with zero attached hydrogens (tertiary/aromatic N) is 2. The van der Waals surface area contributed by atoms with Gasteiger partial charge in [0.2, 0.25) is 5.91 Å². The van der Waals surface area contributed by atoms with Crippen molar-refractivity contribution in [1.82, 2.24) is 4.90 Å². The van der Waals surface area contributed by atoms with Gasteiger partial charge in [-0.1, -0.05) is 31.9 Å². The van der Waals surface area contributed by atoms with Gasteiger partial charge in [0.15, 0.2) is 0 Å². The van der Waals surface area contributed by atoms with E-state index in [9.17, 15) is 9.18 Å². The lowest BCUT2D eigenvalue weighted by atomic mass is 10.1. The lowest BCUT2D eigenvalue weighted by Crippen LogP contribution is -2.49. The second kappa shape index (κ2) is 7.27. The summed E-state index contributed by atoms with van der Waals surface area (Å²) < 4.78 is 13.7. The molecule has 0 unspecified atom stereocenters. The van der Waals surface area contributed by atoms with Crippen LogP contribution >= 0.6 is 0 Å². The first-order valence-corrected chi connectivity index (χ1v) is 7.49. The molecule has 1 fully saturated rings. The van der Waals surface area contributed by atoms with E-state index in [0.717, 1.165) is 19.3 Å². The molecule has 1 aromatic rings. The first-order valence-electron chi connectivity index (χ1n) is 7.49. The molecule has 1 aromatic carbocycles. The number of para-hydroxylation sites is 1. The predicted octanol–water partition coefficient (Wildman–Crippen LogP) is 3.05. The summed E-state index contributed by atoms with van der Waals surface area (Å²) in [6, 6.07) is 6.83. The highest BCUT2D eigenvalue weighted by Gasteiger charge is 2.22. The fourth-order valence-corrected chi connectivity index (χ4v) is 2.59.